The molecule has 1 atom stereocenters. The van der Waals surface area contributed by atoms with E-state index in [1.807, 2.05) is 114 Å². The van der Waals surface area contributed by atoms with Gasteiger partial charge in [-0.05, 0) is 31.9 Å². The zero-order valence-electron chi connectivity index (χ0n) is 30.6. The second-order valence-electron chi connectivity index (χ2n) is 12.3. The molecule has 0 aliphatic heterocycles. The zero-order valence-corrected chi connectivity index (χ0v) is 34.2. The molecule has 0 saturated carbocycles. The van der Waals surface area contributed by atoms with Gasteiger partial charge in [0.2, 0.25) is 0 Å². The first-order chi connectivity index (χ1) is 24.7. The van der Waals surface area contributed by atoms with Crippen molar-refractivity contribution in [3.63, 3.8) is 0 Å². The number of hydrogen-bond donors (Lipinski definition) is 0. The quantitative estimate of drug-likeness (QED) is 0.0934. The minimum atomic E-state index is -0.166. The summed E-state index contributed by atoms with van der Waals surface area (Å²) in [4.78, 5) is 0. The number of hydrogen-bond acceptors (Lipinski definition) is 0. The van der Waals surface area contributed by atoms with Crippen LogP contribution in [-0.2, 0) is 25.8 Å². The summed E-state index contributed by atoms with van der Waals surface area (Å²) in [6.45, 7) is 17.6. The molecular formula is C49H48HfN2. The number of pyridine rings is 1. The Bertz CT molecular complexity index is 1910. The van der Waals surface area contributed by atoms with Crippen LogP contribution in [0.2, 0.25) is 0 Å². The fourth-order valence-corrected chi connectivity index (χ4v) is 5.59. The summed E-state index contributed by atoms with van der Waals surface area (Å²) in [6.07, 6.45) is 1.98. The Hall–Kier alpha value is -5.38. The summed E-state index contributed by atoms with van der Waals surface area (Å²) < 4.78 is 1.93. The van der Waals surface area contributed by atoms with E-state index in [9.17, 15) is 0 Å². The number of benzene rings is 6. The van der Waals surface area contributed by atoms with Crippen molar-refractivity contribution in [2.75, 3.05) is 0 Å². The Balaban J connectivity index is 0.000000265. The fourth-order valence-electron chi connectivity index (χ4n) is 5.59. The number of rotatable bonds is 5. The van der Waals surface area contributed by atoms with E-state index in [1.165, 1.54) is 33.4 Å². The van der Waals surface area contributed by atoms with Crippen molar-refractivity contribution in [2.45, 2.75) is 26.8 Å². The summed E-state index contributed by atoms with van der Waals surface area (Å²) in [5.41, 5.74) is 12.5. The van der Waals surface area contributed by atoms with E-state index >= 15 is 0 Å². The topological polar surface area (TPSA) is 18.0 Å². The molecule has 3 heteroatoms. The van der Waals surface area contributed by atoms with Crippen LogP contribution in [0.4, 0.5) is 5.69 Å². The molecule has 0 spiro atoms. The Labute approximate surface area is 332 Å². The van der Waals surface area contributed by atoms with Crippen LogP contribution >= 0.6 is 0 Å². The molecule has 0 aliphatic rings. The third kappa shape index (κ3) is 13.1. The maximum atomic E-state index is 5.33. The van der Waals surface area contributed by atoms with Gasteiger partial charge in [0.05, 0.1) is 11.9 Å². The van der Waals surface area contributed by atoms with E-state index in [0.29, 0.717) is 0 Å². The zero-order chi connectivity index (χ0) is 36.4. The standard InChI is InChI=1S/C28H27N2.3C7H7.Hf/c1-20-18-21(2)27(22(3)19-20)29-28(26-16-10-11-17-30(26)4)25-15-9-8-14-24(25)23-12-6-5-7-13-23;3*1-7-5-3-2-4-6-7;/h5-19,28H,4H2,1-3H3;3*2-6H,1H2;/q4*-1;+4. The van der Waals surface area contributed by atoms with Crippen LogP contribution in [0.25, 0.3) is 16.4 Å². The van der Waals surface area contributed by atoms with Gasteiger partial charge in [-0.3, -0.25) is 0 Å². The molecule has 0 fully saturated rings. The van der Waals surface area contributed by atoms with Crippen molar-refractivity contribution >= 4 is 5.69 Å². The average Bonchev–Trinajstić information content (AvgIpc) is 3.14. The summed E-state index contributed by atoms with van der Waals surface area (Å²) in [5, 5.41) is 5.33. The normalized spacial score (nSPS) is 10.3. The van der Waals surface area contributed by atoms with Crippen molar-refractivity contribution in [2.24, 2.45) is 0 Å². The Kier molecular flexibility index (Phi) is 17.2. The summed E-state index contributed by atoms with van der Waals surface area (Å²) in [5.74, 6) is 0. The number of aromatic nitrogens is 1. The van der Waals surface area contributed by atoms with Gasteiger partial charge in [-0.15, -0.1) is 42.1 Å². The summed E-state index contributed by atoms with van der Waals surface area (Å²) in [6, 6.07) is 59.1. The van der Waals surface area contributed by atoms with Gasteiger partial charge in [-0.25, -0.2) is 0 Å². The number of nitrogens with zero attached hydrogens (tertiary/aromatic N) is 2. The first-order valence-corrected chi connectivity index (χ1v) is 17.1. The molecule has 1 heterocycles. The van der Waals surface area contributed by atoms with E-state index in [2.05, 4.69) is 121 Å². The molecule has 2 nitrogen and oxygen atoms in total. The molecule has 6 aromatic carbocycles. The third-order valence-electron chi connectivity index (χ3n) is 8.02. The molecule has 0 radical (unpaired) electrons. The van der Waals surface area contributed by atoms with Crippen LogP contribution in [-0.4, -0.2) is 0 Å². The van der Waals surface area contributed by atoms with Crippen molar-refractivity contribution in [3.8, 4) is 11.1 Å². The molecule has 7 rings (SSSR count). The van der Waals surface area contributed by atoms with Gasteiger partial charge in [0, 0.05) is 7.05 Å². The molecule has 0 saturated heterocycles. The molecule has 258 valence electrons. The van der Waals surface area contributed by atoms with Gasteiger partial charge in [-0.2, -0.15) is 73.9 Å². The van der Waals surface area contributed by atoms with Crippen molar-refractivity contribution in [1.82, 2.24) is 0 Å². The van der Waals surface area contributed by atoms with Crippen LogP contribution in [0.15, 0.2) is 182 Å². The van der Waals surface area contributed by atoms with Gasteiger partial charge >= 0.3 is 25.8 Å². The third-order valence-corrected chi connectivity index (χ3v) is 8.02. The summed E-state index contributed by atoms with van der Waals surface area (Å²) >= 11 is 0. The molecule has 0 bridgehead atoms. The molecule has 52 heavy (non-hydrogen) atoms. The minimum Gasteiger partial charge on any atom is -0.679 e. The number of aryl methyl sites for hydroxylation is 3. The fraction of sp³-hybridized carbons (Fsp3) is 0.0816. The van der Waals surface area contributed by atoms with Gasteiger partial charge in [0.25, 0.3) is 0 Å². The van der Waals surface area contributed by atoms with Crippen LogP contribution in [0, 0.1) is 48.6 Å². The maximum Gasteiger partial charge on any atom is 4.00 e. The molecule has 1 unspecified atom stereocenters. The van der Waals surface area contributed by atoms with Crippen LogP contribution < -0.4 is 4.57 Å². The molecule has 0 amide bonds. The first-order valence-electron chi connectivity index (χ1n) is 17.1. The molecule has 0 N–H and O–H groups in total. The smallest absolute Gasteiger partial charge is 0.679 e. The van der Waals surface area contributed by atoms with Crippen molar-refractivity contribution < 1.29 is 30.4 Å². The largest absolute Gasteiger partial charge is 4.00 e. The Morgan fingerprint density at radius 2 is 0.904 bits per heavy atom. The van der Waals surface area contributed by atoms with Gasteiger partial charge < -0.3 is 9.88 Å². The Morgan fingerprint density at radius 3 is 1.33 bits per heavy atom. The first kappa shape index (κ1) is 41.0. The van der Waals surface area contributed by atoms with E-state index in [-0.39, 0.29) is 31.9 Å². The van der Waals surface area contributed by atoms with Crippen molar-refractivity contribution in [1.29, 1.82) is 0 Å². The SMILES string of the molecule is [CH2-][n+]1ccccc1C([N-]c1c(C)cc(C)cc1C)c1ccccc1-c1ccccc1.[CH2-]c1ccccc1.[CH2-]c1ccccc1.[CH2-]c1ccccc1.[Hf+4]. The van der Waals surface area contributed by atoms with Gasteiger partial charge in [0.15, 0.2) is 0 Å². The molecule has 1 aromatic heterocycles. The maximum absolute atomic E-state index is 5.33. The summed E-state index contributed by atoms with van der Waals surface area (Å²) in [7, 11) is 4.23. The molecule has 0 aliphatic carbocycles. The molecular weight excluding hydrogens is 795 g/mol. The van der Waals surface area contributed by atoms with E-state index < -0.39 is 0 Å². The predicted octanol–water partition coefficient (Wildman–Crippen LogP) is 12.6. The van der Waals surface area contributed by atoms with E-state index in [0.717, 1.165) is 28.1 Å². The van der Waals surface area contributed by atoms with Crippen molar-refractivity contribution in [3.05, 3.63) is 260 Å². The minimum absolute atomic E-state index is 0. The molecule has 7 aromatic rings. The monoisotopic (exact) mass is 844 g/mol. The second kappa shape index (κ2) is 21.8. The van der Waals surface area contributed by atoms with Crippen LogP contribution in [0.1, 0.15) is 50.7 Å². The Morgan fingerprint density at radius 1 is 0.500 bits per heavy atom. The van der Waals surface area contributed by atoms with Crippen LogP contribution in [0.3, 0.4) is 0 Å². The van der Waals surface area contributed by atoms with Gasteiger partial charge in [0.1, 0.15) is 0 Å². The average molecular weight is 843 g/mol. The predicted molar refractivity (Wildman–Crippen MR) is 217 cm³/mol. The van der Waals surface area contributed by atoms with Crippen LogP contribution in [0.5, 0.6) is 0 Å². The second-order valence-corrected chi connectivity index (χ2v) is 12.3. The van der Waals surface area contributed by atoms with E-state index in [4.69, 9.17) is 5.32 Å². The van der Waals surface area contributed by atoms with Gasteiger partial charge in [-0.1, -0.05) is 131 Å². The van der Waals surface area contributed by atoms with E-state index in [1.54, 1.807) is 0 Å².